The van der Waals surface area contributed by atoms with Gasteiger partial charge in [0.1, 0.15) is 16.0 Å². The second-order valence-corrected chi connectivity index (χ2v) is 6.18. The highest BCUT2D eigenvalue weighted by atomic mass is 32.2. The fraction of sp³-hybridized carbons (Fsp3) is 0.273. The van der Waals surface area contributed by atoms with E-state index in [1.54, 1.807) is 0 Å². The predicted molar refractivity (Wildman–Crippen MR) is 70.1 cm³/mol. The maximum absolute atomic E-state index is 13.6. The first kappa shape index (κ1) is 15.9. The van der Waals surface area contributed by atoms with Crippen LogP contribution in [0.15, 0.2) is 23.1 Å². The molecule has 20 heavy (non-hydrogen) atoms. The van der Waals surface area contributed by atoms with Gasteiger partial charge in [0.05, 0.1) is 0 Å². The van der Waals surface area contributed by atoms with Gasteiger partial charge in [-0.05, 0) is 25.1 Å². The van der Waals surface area contributed by atoms with Crippen LogP contribution in [-0.2, 0) is 14.6 Å². The molecule has 110 valence electrons. The van der Waals surface area contributed by atoms with Crippen LogP contribution in [0.2, 0.25) is 0 Å². The zero-order valence-electron chi connectivity index (χ0n) is 10.8. The van der Waals surface area contributed by atoms with Crippen molar-refractivity contribution >= 4 is 27.5 Å². The summed E-state index contributed by atoms with van der Waals surface area (Å²) in [7, 11) is -3.00. The first-order chi connectivity index (χ1) is 9.20. The molecule has 1 aromatic carbocycles. The van der Waals surface area contributed by atoms with Crippen molar-refractivity contribution in [2.24, 2.45) is 0 Å². The Kier molecular flexibility index (Phi) is 4.66. The van der Waals surface area contributed by atoms with Gasteiger partial charge in [-0.25, -0.2) is 17.6 Å². The number of hydrogen-bond acceptors (Lipinski definition) is 5. The second kappa shape index (κ2) is 5.87. The fourth-order valence-corrected chi connectivity index (χ4v) is 2.67. The second-order valence-electron chi connectivity index (χ2n) is 3.95. The normalized spacial score (nSPS) is 12.6. The lowest BCUT2D eigenvalue weighted by Crippen LogP contribution is -2.44. The summed E-state index contributed by atoms with van der Waals surface area (Å²) >= 11 is 0. The average molecular weight is 303 g/mol. The van der Waals surface area contributed by atoms with Gasteiger partial charge >= 0.3 is 6.03 Å². The van der Waals surface area contributed by atoms with E-state index in [0.29, 0.717) is 0 Å². The third-order valence-corrected chi connectivity index (χ3v) is 4.65. The summed E-state index contributed by atoms with van der Waals surface area (Å²) < 4.78 is 37.8. The Balaban J connectivity index is 3.10. The maximum Gasteiger partial charge on any atom is 0.321 e. The van der Waals surface area contributed by atoms with E-state index in [-0.39, 0.29) is 5.69 Å². The molecule has 0 fully saturated rings. The Bertz CT molecular complexity index is 645. The van der Waals surface area contributed by atoms with Gasteiger partial charge in [-0.2, -0.15) is 0 Å². The molecule has 1 unspecified atom stereocenters. The molecule has 4 N–H and O–H groups in total. The van der Waals surface area contributed by atoms with E-state index in [1.807, 2.05) is 5.32 Å². The number of rotatable bonds is 3. The number of urea groups is 1. The van der Waals surface area contributed by atoms with Crippen molar-refractivity contribution in [3.8, 4) is 0 Å². The lowest BCUT2D eigenvalue weighted by molar-refractivity contribution is -0.119. The number of nitrogen functional groups attached to an aromatic ring is 1. The highest BCUT2D eigenvalue weighted by molar-refractivity contribution is 7.92. The van der Waals surface area contributed by atoms with Crippen LogP contribution in [0.5, 0.6) is 0 Å². The molecule has 0 aromatic heterocycles. The summed E-state index contributed by atoms with van der Waals surface area (Å²) in [6.07, 6.45) is 0. The lowest BCUT2D eigenvalue weighted by Gasteiger charge is -2.13. The summed E-state index contributed by atoms with van der Waals surface area (Å²) in [4.78, 5) is 21.9. The Morgan fingerprint density at radius 3 is 2.45 bits per heavy atom. The Hall–Kier alpha value is -2.16. The third kappa shape index (κ3) is 3.23. The number of benzene rings is 1. The molecular formula is C11H14FN3O4S. The average Bonchev–Trinajstić information content (AvgIpc) is 2.36. The van der Waals surface area contributed by atoms with Crippen molar-refractivity contribution in [3.63, 3.8) is 0 Å². The molecule has 7 nitrogen and oxygen atoms in total. The van der Waals surface area contributed by atoms with Gasteiger partial charge in [-0.15, -0.1) is 0 Å². The maximum atomic E-state index is 13.6. The number of imide groups is 1. The van der Waals surface area contributed by atoms with E-state index in [4.69, 9.17) is 5.73 Å². The topological polar surface area (TPSA) is 118 Å². The van der Waals surface area contributed by atoms with Crippen molar-refractivity contribution in [2.45, 2.75) is 17.1 Å². The zero-order chi connectivity index (χ0) is 15.5. The van der Waals surface area contributed by atoms with Crippen LogP contribution in [0.3, 0.4) is 0 Å². The van der Waals surface area contributed by atoms with Crippen LogP contribution in [0, 0.1) is 5.82 Å². The van der Waals surface area contributed by atoms with E-state index in [0.717, 1.165) is 19.1 Å². The van der Waals surface area contributed by atoms with Crippen LogP contribution in [0.4, 0.5) is 14.9 Å². The summed E-state index contributed by atoms with van der Waals surface area (Å²) in [6, 6.07) is 2.18. The number of carbonyl (C=O) groups excluding carboxylic acids is 2. The molecule has 1 aromatic rings. The number of nitrogens with two attached hydrogens (primary N) is 1. The van der Waals surface area contributed by atoms with E-state index in [1.165, 1.54) is 13.1 Å². The van der Waals surface area contributed by atoms with Crippen molar-refractivity contribution in [1.82, 2.24) is 10.6 Å². The van der Waals surface area contributed by atoms with E-state index < -0.39 is 37.7 Å². The molecule has 1 rings (SSSR count). The standard InChI is InChI=1S/C11H14FN3O4S/c1-6(10(16)15-11(17)14-2)20(18,19)9-4-3-7(13)5-8(9)12/h3-6H,13H2,1-2H3,(H2,14,15,16,17). The number of hydrogen-bond donors (Lipinski definition) is 3. The predicted octanol–water partition coefficient (Wildman–Crippen LogP) is 0.0257. The molecule has 0 heterocycles. The number of anilines is 1. The summed E-state index contributed by atoms with van der Waals surface area (Å²) in [5.74, 6) is -2.11. The summed E-state index contributed by atoms with van der Waals surface area (Å²) in [6.45, 7) is 1.06. The Labute approximate surface area is 115 Å². The highest BCUT2D eigenvalue weighted by Gasteiger charge is 2.32. The van der Waals surface area contributed by atoms with Gasteiger partial charge in [0.2, 0.25) is 5.91 Å². The van der Waals surface area contributed by atoms with E-state index in [9.17, 15) is 22.4 Å². The molecule has 0 bridgehead atoms. The van der Waals surface area contributed by atoms with Gasteiger partial charge in [0.15, 0.2) is 9.84 Å². The van der Waals surface area contributed by atoms with Gasteiger partial charge in [0.25, 0.3) is 0 Å². The van der Waals surface area contributed by atoms with Crippen LogP contribution < -0.4 is 16.4 Å². The first-order valence-electron chi connectivity index (χ1n) is 5.51. The molecule has 0 saturated heterocycles. The molecule has 0 spiro atoms. The molecule has 1 atom stereocenters. The molecule has 0 radical (unpaired) electrons. The summed E-state index contributed by atoms with van der Waals surface area (Å²) in [5.41, 5.74) is 5.38. The number of sulfone groups is 1. The largest absolute Gasteiger partial charge is 0.399 e. The van der Waals surface area contributed by atoms with Crippen molar-refractivity contribution in [2.75, 3.05) is 12.8 Å². The van der Waals surface area contributed by atoms with E-state index in [2.05, 4.69) is 5.32 Å². The third-order valence-electron chi connectivity index (χ3n) is 2.56. The number of carbonyl (C=O) groups is 2. The van der Waals surface area contributed by atoms with Gasteiger partial charge in [-0.1, -0.05) is 0 Å². The smallest absolute Gasteiger partial charge is 0.321 e. The lowest BCUT2D eigenvalue weighted by atomic mass is 10.3. The van der Waals surface area contributed by atoms with Gasteiger partial charge in [0, 0.05) is 12.7 Å². The minimum Gasteiger partial charge on any atom is -0.399 e. The molecular weight excluding hydrogens is 289 g/mol. The van der Waals surface area contributed by atoms with Crippen molar-refractivity contribution in [3.05, 3.63) is 24.0 Å². The zero-order valence-corrected chi connectivity index (χ0v) is 11.6. The number of amides is 3. The molecule has 0 aliphatic carbocycles. The fourth-order valence-electron chi connectivity index (χ4n) is 1.36. The monoisotopic (exact) mass is 303 g/mol. The molecule has 0 aliphatic rings. The van der Waals surface area contributed by atoms with Crippen LogP contribution in [-0.4, -0.2) is 32.7 Å². The minimum absolute atomic E-state index is 0.0592. The van der Waals surface area contributed by atoms with Crippen LogP contribution >= 0.6 is 0 Å². The minimum atomic E-state index is -4.26. The van der Waals surface area contributed by atoms with Gasteiger partial charge in [-0.3, -0.25) is 10.1 Å². The van der Waals surface area contributed by atoms with Crippen LogP contribution in [0.25, 0.3) is 0 Å². The molecule has 0 saturated carbocycles. The van der Waals surface area contributed by atoms with E-state index >= 15 is 0 Å². The number of nitrogens with one attached hydrogen (secondary N) is 2. The Morgan fingerprint density at radius 2 is 1.95 bits per heavy atom. The Morgan fingerprint density at radius 1 is 1.35 bits per heavy atom. The quantitative estimate of drug-likeness (QED) is 0.681. The summed E-state index contributed by atoms with van der Waals surface area (Å²) in [5, 5.41) is 2.30. The SMILES string of the molecule is CNC(=O)NC(=O)C(C)S(=O)(=O)c1ccc(N)cc1F. The van der Waals surface area contributed by atoms with Crippen molar-refractivity contribution in [1.29, 1.82) is 0 Å². The number of halogens is 1. The van der Waals surface area contributed by atoms with Crippen LogP contribution in [0.1, 0.15) is 6.92 Å². The van der Waals surface area contributed by atoms with Crippen molar-refractivity contribution < 1.29 is 22.4 Å². The molecule has 9 heteroatoms. The molecule has 0 aliphatic heterocycles. The first-order valence-corrected chi connectivity index (χ1v) is 7.06. The van der Waals surface area contributed by atoms with Gasteiger partial charge < -0.3 is 11.1 Å². The highest BCUT2D eigenvalue weighted by Crippen LogP contribution is 2.21. The molecule has 3 amide bonds.